The normalized spacial score (nSPS) is 27.2. The highest BCUT2D eigenvalue weighted by molar-refractivity contribution is 9.10. The van der Waals surface area contributed by atoms with E-state index in [0.717, 1.165) is 18.4 Å². The summed E-state index contributed by atoms with van der Waals surface area (Å²) in [6.45, 7) is 2.10. The maximum absolute atomic E-state index is 13.4. The molecule has 2 rings (SSSR count). The van der Waals surface area contributed by atoms with E-state index in [2.05, 4.69) is 22.9 Å². The standard InChI is InChI=1S/C15H18BrFO2/c1-10-3-2-4-15(8-10,14(18)19)9-11-5-12(16)7-13(17)6-11/h5-7,10H,2-4,8-9H2,1H3,(H,18,19). The lowest BCUT2D eigenvalue weighted by molar-refractivity contribution is -0.152. The molecule has 0 radical (unpaired) electrons. The van der Waals surface area contributed by atoms with Crippen molar-refractivity contribution in [2.45, 2.75) is 39.0 Å². The zero-order valence-electron chi connectivity index (χ0n) is 11.0. The van der Waals surface area contributed by atoms with Gasteiger partial charge in [0.1, 0.15) is 5.82 Å². The van der Waals surface area contributed by atoms with Gasteiger partial charge in [-0.25, -0.2) is 4.39 Å². The summed E-state index contributed by atoms with van der Waals surface area (Å²) in [6, 6.07) is 4.64. The fraction of sp³-hybridized carbons (Fsp3) is 0.533. The molecule has 19 heavy (non-hydrogen) atoms. The van der Waals surface area contributed by atoms with Crippen molar-refractivity contribution in [3.8, 4) is 0 Å². The van der Waals surface area contributed by atoms with Gasteiger partial charge in [0.25, 0.3) is 0 Å². The molecule has 2 atom stereocenters. The second-order valence-electron chi connectivity index (χ2n) is 5.74. The number of carboxylic acid groups (broad SMARTS) is 1. The summed E-state index contributed by atoms with van der Waals surface area (Å²) in [7, 11) is 0. The van der Waals surface area contributed by atoms with Crippen molar-refractivity contribution in [1.29, 1.82) is 0 Å². The predicted octanol–water partition coefficient (Wildman–Crippen LogP) is 4.41. The quantitative estimate of drug-likeness (QED) is 0.892. The van der Waals surface area contributed by atoms with Crippen LogP contribution in [0.1, 0.15) is 38.2 Å². The van der Waals surface area contributed by atoms with E-state index in [1.54, 1.807) is 0 Å². The van der Waals surface area contributed by atoms with Gasteiger partial charge < -0.3 is 5.11 Å². The molecule has 1 aliphatic carbocycles. The van der Waals surface area contributed by atoms with Gasteiger partial charge in [-0.3, -0.25) is 4.79 Å². The largest absolute Gasteiger partial charge is 0.481 e. The van der Waals surface area contributed by atoms with Crippen LogP contribution in [0.2, 0.25) is 0 Å². The van der Waals surface area contributed by atoms with E-state index in [1.165, 1.54) is 12.1 Å². The first-order valence-corrected chi connectivity index (χ1v) is 7.39. The monoisotopic (exact) mass is 328 g/mol. The third-order valence-electron chi connectivity index (χ3n) is 4.01. The molecule has 2 nitrogen and oxygen atoms in total. The Morgan fingerprint density at radius 1 is 1.53 bits per heavy atom. The zero-order chi connectivity index (χ0) is 14.0. The van der Waals surface area contributed by atoms with Crippen molar-refractivity contribution in [3.63, 3.8) is 0 Å². The van der Waals surface area contributed by atoms with E-state index in [-0.39, 0.29) is 5.82 Å². The molecule has 0 aliphatic heterocycles. The molecule has 104 valence electrons. The van der Waals surface area contributed by atoms with E-state index >= 15 is 0 Å². The molecule has 0 spiro atoms. The van der Waals surface area contributed by atoms with Crippen molar-refractivity contribution >= 4 is 21.9 Å². The lowest BCUT2D eigenvalue weighted by Crippen LogP contribution is -2.38. The molecule has 1 aromatic carbocycles. The first-order valence-electron chi connectivity index (χ1n) is 6.60. The molecule has 0 bridgehead atoms. The number of benzene rings is 1. The Morgan fingerprint density at radius 2 is 2.26 bits per heavy atom. The van der Waals surface area contributed by atoms with E-state index in [0.29, 0.717) is 29.7 Å². The molecule has 1 N–H and O–H groups in total. The van der Waals surface area contributed by atoms with Crippen molar-refractivity contribution in [1.82, 2.24) is 0 Å². The van der Waals surface area contributed by atoms with Gasteiger partial charge in [-0.2, -0.15) is 0 Å². The molecule has 1 fully saturated rings. The van der Waals surface area contributed by atoms with Crippen LogP contribution in [0, 0.1) is 17.2 Å². The average Bonchev–Trinajstić information content (AvgIpc) is 2.26. The number of hydrogen-bond donors (Lipinski definition) is 1. The SMILES string of the molecule is CC1CCCC(Cc2cc(F)cc(Br)c2)(C(=O)O)C1. The Balaban J connectivity index is 2.28. The molecule has 4 heteroatoms. The molecule has 0 aromatic heterocycles. The minimum atomic E-state index is -0.751. The van der Waals surface area contributed by atoms with Gasteiger partial charge in [-0.15, -0.1) is 0 Å². The second-order valence-corrected chi connectivity index (χ2v) is 6.66. The molecule has 0 amide bonds. The highest BCUT2D eigenvalue weighted by atomic mass is 79.9. The van der Waals surface area contributed by atoms with E-state index in [9.17, 15) is 14.3 Å². The van der Waals surface area contributed by atoms with Gasteiger partial charge in [0, 0.05) is 4.47 Å². The van der Waals surface area contributed by atoms with Crippen molar-refractivity contribution in [3.05, 3.63) is 34.1 Å². The topological polar surface area (TPSA) is 37.3 Å². The smallest absolute Gasteiger partial charge is 0.309 e. The van der Waals surface area contributed by atoms with Crippen LogP contribution in [0.4, 0.5) is 4.39 Å². The van der Waals surface area contributed by atoms with Crippen LogP contribution in [-0.2, 0) is 11.2 Å². The summed E-state index contributed by atoms with van der Waals surface area (Å²) in [5, 5.41) is 9.60. The summed E-state index contributed by atoms with van der Waals surface area (Å²) in [4.78, 5) is 11.7. The summed E-state index contributed by atoms with van der Waals surface area (Å²) < 4.78 is 14.1. The lowest BCUT2D eigenvalue weighted by atomic mass is 9.67. The van der Waals surface area contributed by atoms with E-state index in [1.807, 2.05) is 6.07 Å². The molecule has 0 saturated heterocycles. The molecular weight excluding hydrogens is 311 g/mol. The third-order valence-corrected chi connectivity index (χ3v) is 4.47. The molecular formula is C15H18BrFO2. The zero-order valence-corrected chi connectivity index (χ0v) is 12.5. The van der Waals surface area contributed by atoms with Gasteiger partial charge in [0.15, 0.2) is 0 Å². The van der Waals surface area contributed by atoms with E-state index < -0.39 is 11.4 Å². The number of carboxylic acids is 1. The Hall–Kier alpha value is -0.900. The van der Waals surface area contributed by atoms with Gasteiger partial charge in [-0.05, 0) is 48.9 Å². The Labute approximate surface area is 121 Å². The van der Waals surface area contributed by atoms with Crippen LogP contribution < -0.4 is 0 Å². The summed E-state index contributed by atoms with van der Waals surface area (Å²) in [6.07, 6.45) is 3.78. The Bertz CT molecular complexity index is 469. The Morgan fingerprint density at radius 3 is 2.84 bits per heavy atom. The predicted molar refractivity (Wildman–Crippen MR) is 75.5 cm³/mol. The van der Waals surface area contributed by atoms with E-state index in [4.69, 9.17) is 0 Å². The third kappa shape index (κ3) is 3.35. The van der Waals surface area contributed by atoms with Crippen LogP contribution in [0.3, 0.4) is 0 Å². The van der Waals surface area contributed by atoms with Crippen molar-refractivity contribution in [2.24, 2.45) is 11.3 Å². The lowest BCUT2D eigenvalue weighted by Gasteiger charge is -2.36. The Kier molecular flexibility index (Phi) is 4.29. The van der Waals surface area contributed by atoms with Gasteiger partial charge in [-0.1, -0.05) is 35.7 Å². The summed E-state index contributed by atoms with van der Waals surface area (Å²) >= 11 is 3.26. The van der Waals surface area contributed by atoms with Crippen molar-refractivity contribution < 1.29 is 14.3 Å². The molecule has 1 aliphatic rings. The number of aliphatic carboxylic acids is 1. The molecule has 1 saturated carbocycles. The minimum Gasteiger partial charge on any atom is -0.481 e. The first-order chi connectivity index (χ1) is 8.91. The fourth-order valence-electron chi connectivity index (χ4n) is 3.19. The van der Waals surface area contributed by atoms with Crippen LogP contribution >= 0.6 is 15.9 Å². The minimum absolute atomic E-state index is 0.325. The van der Waals surface area contributed by atoms with Crippen LogP contribution in [-0.4, -0.2) is 11.1 Å². The number of carbonyl (C=O) groups is 1. The molecule has 0 heterocycles. The van der Waals surface area contributed by atoms with Crippen LogP contribution in [0.15, 0.2) is 22.7 Å². The van der Waals surface area contributed by atoms with Crippen molar-refractivity contribution in [2.75, 3.05) is 0 Å². The highest BCUT2D eigenvalue weighted by Gasteiger charge is 2.41. The molecule has 1 aromatic rings. The highest BCUT2D eigenvalue weighted by Crippen LogP contribution is 2.42. The summed E-state index contributed by atoms with van der Waals surface area (Å²) in [5.41, 5.74) is 0.0219. The summed E-state index contributed by atoms with van der Waals surface area (Å²) in [5.74, 6) is -0.657. The maximum atomic E-state index is 13.4. The number of rotatable bonds is 3. The van der Waals surface area contributed by atoms with Gasteiger partial charge in [0.05, 0.1) is 5.41 Å². The van der Waals surface area contributed by atoms with Crippen LogP contribution in [0.5, 0.6) is 0 Å². The second kappa shape index (κ2) is 5.61. The molecule has 2 unspecified atom stereocenters. The maximum Gasteiger partial charge on any atom is 0.309 e. The first kappa shape index (κ1) is 14.5. The number of halogens is 2. The van der Waals surface area contributed by atoms with Gasteiger partial charge in [0.2, 0.25) is 0 Å². The number of hydrogen-bond acceptors (Lipinski definition) is 1. The van der Waals surface area contributed by atoms with Crippen LogP contribution in [0.25, 0.3) is 0 Å². The average molecular weight is 329 g/mol. The van der Waals surface area contributed by atoms with Gasteiger partial charge >= 0.3 is 5.97 Å². The fourth-order valence-corrected chi connectivity index (χ4v) is 3.71.